The van der Waals surface area contributed by atoms with E-state index in [0.717, 1.165) is 12.3 Å². The van der Waals surface area contributed by atoms with Crippen LogP contribution in [0.1, 0.15) is 30.6 Å². The minimum Gasteiger partial charge on any atom is -0.477 e. The van der Waals surface area contributed by atoms with E-state index in [1.54, 1.807) is 0 Å². The van der Waals surface area contributed by atoms with Crippen LogP contribution in [0.15, 0.2) is 12.3 Å². The Hall–Kier alpha value is -2.22. The Morgan fingerprint density at radius 1 is 1.55 bits per heavy atom. The molecule has 1 heterocycles. The highest BCUT2D eigenvalue weighted by molar-refractivity contribution is 5.93. The van der Waals surface area contributed by atoms with Crippen molar-refractivity contribution in [3.8, 4) is 0 Å². The van der Waals surface area contributed by atoms with Gasteiger partial charge in [-0.15, -0.1) is 0 Å². The summed E-state index contributed by atoms with van der Waals surface area (Å²) in [7, 11) is 0. The minimum atomic E-state index is -1.38. The molecule has 110 valence electrons. The van der Waals surface area contributed by atoms with Gasteiger partial charge in [-0.1, -0.05) is 13.8 Å². The van der Waals surface area contributed by atoms with Crippen LogP contribution >= 0.6 is 0 Å². The SMILES string of the molecule is CC(C)C(CCO)Nc1cc(C(=O)O)c([N+](=O)[O-])cn1. The molecule has 1 unspecified atom stereocenters. The van der Waals surface area contributed by atoms with Crippen molar-refractivity contribution in [1.82, 2.24) is 4.98 Å². The zero-order valence-corrected chi connectivity index (χ0v) is 11.2. The highest BCUT2D eigenvalue weighted by atomic mass is 16.6. The summed E-state index contributed by atoms with van der Waals surface area (Å²) in [5, 5.41) is 31.7. The number of carboxylic acids is 1. The molecular formula is C12H17N3O5. The van der Waals surface area contributed by atoms with Crippen molar-refractivity contribution in [3.63, 3.8) is 0 Å². The molecule has 0 aromatic carbocycles. The summed E-state index contributed by atoms with van der Waals surface area (Å²) in [5.41, 5.74) is -0.967. The molecule has 1 aromatic rings. The summed E-state index contributed by atoms with van der Waals surface area (Å²) < 4.78 is 0. The summed E-state index contributed by atoms with van der Waals surface area (Å²) in [6, 6.07) is 1.03. The van der Waals surface area contributed by atoms with Gasteiger partial charge in [0, 0.05) is 18.7 Å². The van der Waals surface area contributed by atoms with Crippen LogP contribution in [-0.2, 0) is 0 Å². The number of nitrogens with zero attached hydrogens (tertiary/aromatic N) is 2. The second kappa shape index (κ2) is 6.80. The lowest BCUT2D eigenvalue weighted by Gasteiger charge is -2.22. The first-order valence-corrected chi connectivity index (χ1v) is 6.12. The predicted molar refractivity (Wildman–Crippen MR) is 71.8 cm³/mol. The third-order valence-electron chi connectivity index (χ3n) is 2.89. The molecule has 0 fully saturated rings. The van der Waals surface area contributed by atoms with Crippen LogP contribution < -0.4 is 5.32 Å². The number of hydrogen-bond acceptors (Lipinski definition) is 6. The van der Waals surface area contributed by atoms with Crippen molar-refractivity contribution >= 4 is 17.5 Å². The lowest BCUT2D eigenvalue weighted by molar-refractivity contribution is -0.385. The maximum Gasteiger partial charge on any atom is 0.342 e. The quantitative estimate of drug-likeness (QED) is 0.511. The first kappa shape index (κ1) is 15.8. The average molecular weight is 283 g/mol. The van der Waals surface area contributed by atoms with E-state index in [-0.39, 0.29) is 24.4 Å². The summed E-state index contributed by atoms with van der Waals surface area (Å²) in [6.07, 6.45) is 1.39. The number of carbonyl (C=O) groups is 1. The zero-order chi connectivity index (χ0) is 15.3. The molecule has 1 atom stereocenters. The Kier molecular flexibility index (Phi) is 5.39. The van der Waals surface area contributed by atoms with E-state index in [1.807, 2.05) is 13.8 Å². The highest BCUT2D eigenvalue weighted by Gasteiger charge is 2.22. The second-order valence-corrected chi connectivity index (χ2v) is 4.66. The molecule has 0 bridgehead atoms. The number of aliphatic hydroxyl groups excluding tert-OH is 1. The number of aromatic carboxylic acids is 1. The van der Waals surface area contributed by atoms with Crippen molar-refractivity contribution in [3.05, 3.63) is 27.9 Å². The summed E-state index contributed by atoms with van der Waals surface area (Å²) >= 11 is 0. The Morgan fingerprint density at radius 2 is 2.20 bits per heavy atom. The molecule has 8 heteroatoms. The normalized spacial score (nSPS) is 12.2. The van der Waals surface area contributed by atoms with E-state index < -0.39 is 22.1 Å². The number of hydrogen-bond donors (Lipinski definition) is 3. The van der Waals surface area contributed by atoms with Crippen LogP contribution in [-0.4, -0.2) is 38.7 Å². The summed E-state index contributed by atoms with van der Waals surface area (Å²) in [5.74, 6) is -0.960. The first-order chi connectivity index (χ1) is 9.36. The maximum atomic E-state index is 11.0. The van der Waals surface area contributed by atoms with Crippen LogP contribution in [0.2, 0.25) is 0 Å². The van der Waals surface area contributed by atoms with Gasteiger partial charge in [-0.05, 0) is 12.3 Å². The lowest BCUT2D eigenvalue weighted by Crippen LogP contribution is -2.27. The van der Waals surface area contributed by atoms with Gasteiger partial charge < -0.3 is 15.5 Å². The molecule has 0 aliphatic carbocycles. The van der Waals surface area contributed by atoms with Crippen molar-refractivity contribution in [2.45, 2.75) is 26.3 Å². The van der Waals surface area contributed by atoms with Crippen LogP contribution in [0.3, 0.4) is 0 Å². The fraction of sp³-hybridized carbons (Fsp3) is 0.500. The molecule has 1 rings (SSSR count). The van der Waals surface area contributed by atoms with Crippen LogP contribution in [0.25, 0.3) is 0 Å². The maximum absolute atomic E-state index is 11.0. The summed E-state index contributed by atoms with van der Waals surface area (Å²) in [6.45, 7) is 3.86. The van der Waals surface area contributed by atoms with Gasteiger partial charge in [0.2, 0.25) is 0 Å². The smallest absolute Gasteiger partial charge is 0.342 e. The number of carboxylic acid groups (broad SMARTS) is 1. The molecule has 1 aromatic heterocycles. The number of anilines is 1. The number of nitrogens with one attached hydrogen (secondary N) is 1. The highest BCUT2D eigenvalue weighted by Crippen LogP contribution is 2.22. The Bertz CT molecular complexity index is 504. The third-order valence-corrected chi connectivity index (χ3v) is 2.89. The fourth-order valence-corrected chi connectivity index (χ4v) is 1.75. The van der Waals surface area contributed by atoms with Gasteiger partial charge in [-0.25, -0.2) is 9.78 Å². The van der Waals surface area contributed by atoms with Crippen LogP contribution in [0.4, 0.5) is 11.5 Å². The van der Waals surface area contributed by atoms with Crippen molar-refractivity contribution in [2.24, 2.45) is 5.92 Å². The van der Waals surface area contributed by atoms with E-state index in [1.165, 1.54) is 0 Å². The zero-order valence-electron chi connectivity index (χ0n) is 11.2. The topological polar surface area (TPSA) is 126 Å². The molecular weight excluding hydrogens is 266 g/mol. The van der Waals surface area contributed by atoms with Crippen LogP contribution in [0.5, 0.6) is 0 Å². The van der Waals surface area contributed by atoms with E-state index >= 15 is 0 Å². The van der Waals surface area contributed by atoms with Gasteiger partial charge in [0.1, 0.15) is 17.6 Å². The Labute approximate surface area is 115 Å². The molecule has 0 saturated heterocycles. The van der Waals surface area contributed by atoms with Gasteiger partial charge in [-0.2, -0.15) is 0 Å². The van der Waals surface area contributed by atoms with Gasteiger partial charge in [0.25, 0.3) is 0 Å². The fourth-order valence-electron chi connectivity index (χ4n) is 1.75. The number of rotatable bonds is 7. The number of aliphatic hydroxyl groups is 1. The van der Waals surface area contributed by atoms with Crippen molar-refractivity contribution in [2.75, 3.05) is 11.9 Å². The number of pyridine rings is 1. The number of aromatic nitrogens is 1. The minimum absolute atomic E-state index is 0.0192. The summed E-state index contributed by atoms with van der Waals surface area (Å²) in [4.78, 5) is 24.8. The lowest BCUT2D eigenvalue weighted by atomic mass is 10.0. The second-order valence-electron chi connectivity index (χ2n) is 4.66. The van der Waals surface area contributed by atoms with Gasteiger partial charge in [0.15, 0.2) is 0 Å². The predicted octanol–water partition coefficient (Wildman–Crippen LogP) is 1.51. The van der Waals surface area contributed by atoms with E-state index in [4.69, 9.17) is 10.2 Å². The van der Waals surface area contributed by atoms with Crippen molar-refractivity contribution in [1.29, 1.82) is 0 Å². The van der Waals surface area contributed by atoms with Crippen molar-refractivity contribution < 1.29 is 19.9 Å². The molecule has 8 nitrogen and oxygen atoms in total. The number of nitro groups is 1. The Morgan fingerprint density at radius 3 is 2.65 bits per heavy atom. The molecule has 0 amide bonds. The molecule has 0 radical (unpaired) electrons. The molecule has 0 aliphatic heterocycles. The monoisotopic (exact) mass is 283 g/mol. The van der Waals surface area contributed by atoms with E-state index in [9.17, 15) is 14.9 Å². The average Bonchev–Trinajstić information content (AvgIpc) is 2.37. The largest absolute Gasteiger partial charge is 0.477 e. The standard InChI is InChI=1S/C12H17N3O5/c1-7(2)9(3-4-16)14-11-5-8(12(17)18)10(6-13-11)15(19)20/h5-7,9,16H,3-4H2,1-2H3,(H,13,14)(H,17,18). The molecule has 20 heavy (non-hydrogen) atoms. The molecule has 3 N–H and O–H groups in total. The molecule has 0 spiro atoms. The van der Waals surface area contributed by atoms with E-state index in [2.05, 4.69) is 10.3 Å². The Balaban J connectivity index is 3.05. The van der Waals surface area contributed by atoms with Gasteiger partial charge in [0.05, 0.1) is 4.92 Å². The van der Waals surface area contributed by atoms with Crippen LogP contribution in [0, 0.1) is 16.0 Å². The third kappa shape index (κ3) is 3.89. The first-order valence-electron chi connectivity index (χ1n) is 6.12. The van der Waals surface area contributed by atoms with Gasteiger partial charge >= 0.3 is 11.7 Å². The van der Waals surface area contributed by atoms with E-state index in [0.29, 0.717) is 6.42 Å². The molecule has 0 aliphatic rings. The van der Waals surface area contributed by atoms with Gasteiger partial charge in [-0.3, -0.25) is 10.1 Å². The molecule has 0 saturated carbocycles.